The van der Waals surface area contributed by atoms with E-state index in [0.29, 0.717) is 0 Å². The quantitative estimate of drug-likeness (QED) is 0.932. The van der Waals surface area contributed by atoms with Gasteiger partial charge in [-0.15, -0.1) is 0 Å². The van der Waals surface area contributed by atoms with Crippen LogP contribution in [0.2, 0.25) is 0 Å². The molecule has 22 heavy (non-hydrogen) atoms. The summed E-state index contributed by atoms with van der Waals surface area (Å²) in [4.78, 5) is 13.0. The molecule has 1 aromatic carbocycles. The highest BCUT2D eigenvalue weighted by Crippen LogP contribution is 2.37. The zero-order chi connectivity index (χ0) is 16.2. The number of nitrogens with zero attached hydrogens (tertiary/aromatic N) is 1. The molecule has 1 fully saturated rings. The summed E-state index contributed by atoms with van der Waals surface area (Å²) in [6.07, 6.45) is -5.11. The Balaban J connectivity index is 2.01. The van der Waals surface area contributed by atoms with Gasteiger partial charge in [0.1, 0.15) is 6.61 Å². The summed E-state index contributed by atoms with van der Waals surface area (Å²) < 4.78 is 44.0. The summed E-state index contributed by atoms with van der Waals surface area (Å²) in [6.45, 7) is -0.582. The number of hydrogen-bond acceptors (Lipinski definition) is 3. The average molecular weight is 317 g/mol. The smallest absolute Gasteiger partial charge is 0.410 e. The molecule has 1 saturated heterocycles. The van der Waals surface area contributed by atoms with Crippen molar-refractivity contribution in [3.63, 3.8) is 0 Å². The number of piperidine rings is 1. The lowest BCUT2D eigenvalue weighted by atomic mass is 9.89. The summed E-state index contributed by atoms with van der Waals surface area (Å²) in [7, 11) is 0. The van der Waals surface area contributed by atoms with Gasteiger partial charge in [0.25, 0.3) is 0 Å². The second-order valence-electron chi connectivity index (χ2n) is 5.27. The number of aliphatic hydroxyl groups is 1. The Morgan fingerprint density at radius 1 is 1.32 bits per heavy atom. The maximum Gasteiger partial charge on any atom is 0.410 e. The van der Waals surface area contributed by atoms with E-state index in [-0.39, 0.29) is 26.0 Å². The lowest BCUT2D eigenvalue weighted by molar-refractivity contribution is -0.202. The number of ether oxygens (including phenoxy) is 1. The Morgan fingerprint density at radius 3 is 2.59 bits per heavy atom. The van der Waals surface area contributed by atoms with Crippen LogP contribution in [0.4, 0.5) is 18.0 Å². The van der Waals surface area contributed by atoms with Crippen LogP contribution in [0.1, 0.15) is 18.4 Å². The molecule has 0 saturated carbocycles. The van der Waals surface area contributed by atoms with Gasteiger partial charge in [-0.05, 0) is 18.4 Å². The lowest BCUT2D eigenvalue weighted by Gasteiger charge is -2.40. The number of benzene rings is 1. The molecular weight excluding hydrogens is 299 g/mol. The van der Waals surface area contributed by atoms with Crippen molar-refractivity contribution in [1.82, 2.24) is 4.90 Å². The summed E-state index contributed by atoms with van der Waals surface area (Å²) in [6, 6.07) is 7.60. The molecule has 4 nitrogen and oxygen atoms in total. The van der Waals surface area contributed by atoms with Gasteiger partial charge in [-0.2, -0.15) is 13.2 Å². The van der Waals surface area contributed by atoms with Crippen LogP contribution in [0.15, 0.2) is 30.3 Å². The fourth-order valence-corrected chi connectivity index (χ4v) is 2.69. The number of rotatable bonds is 3. The third kappa shape index (κ3) is 3.91. The Hall–Kier alpha value is -1.76. The summed E-state index contributed by atoms with van der Waals surface area (Å²) in [5.74, 6) is -1.71. The number of carbonyl (C=O) groups excluding carboxylic acids is 1. The van der Waals surface area contributed by atoms with Gasteiger partial charge in [-0.3, -0.25) is 0 Å². The van der Waals surface area contributed by atoms with Crippen LogP contribution in [0.5, 0.6) is 0 Å². The third-order valence-electron chi connectivity index (χ3n) is 3.83. The van der Waals surface area contributed by atoms with Gasteiger partial charge in [0.05, 0.1) is 18.6 Å². The van der Waals surface area contributed by atoms with E-state index < -0.39 is 30.8 Å². The van der Waals surface area contributed by atoms with Crippen molar-refractivity contribution in [3.05, 3.63) is 35.9 Å². The van der Waals surface area contributed by atoms with E-state index in [9.17, 15) is 23.1 Å². The number of amides is 1. The second kappa shape index (κ2) is 7.00. The molecule has 1 aliphatic rings. The van der Waals surface area contributed by atoms with Crippen LogP contribution in [0.25, 0.3) is 0 Å². The molecular formula is C15H18F3NO3. The largest absolute Gasteiger partial charge is 0.445 e. The van der Waals surface area contributed by atoms with Crippen LogP contribution in [0, 0.1) is 5.92 Å². The molecule has 1 aliphatic heterocycles. The standard InChI is InChI=1S/C15H18F3NO3/c16-15(17,18)12-7-4-8-19(13(12)9-20)14(21)22-10-11-5-2-1-3-6-11/h1-3,5-6,12-13,20H,4,7-10H2/t12-,13+/m1/s1. The zero-order valence-electron chi connectivity index (χ0n) is 11.9. The SMILES string of the molecule is O=C(OCc1ccccc1)N1CCC[C@@H](C(F)(F)F)[C@@H]1CO. The Morgan fingerprint density at radius 2 is 2.00 bits per heavy atom. The molecule has 1 N–H and O–H groups in total. The van der Waals surface area contributed by atoms with Crippen molar-refractivity contribution in [2.45, 2.75) is 31.7 Å². The summed E-state index contributed by atoms with van der Waals surface area (Å²) in [5.41, 5.74) is 0.751. The minimum atomic E-state index is -4.44. The first-order valence-corrected chi connectivity index (χ1v) is 7.08. The molecule has 0 aliphatic carbocycles. The predicted molar refractivity (Wildman–Crippen MR) is 73.0 cm³/mol. The molecule has 1 aromatic rings. The van der Waals surface area contributed by atoms with Gasteiger partial charge in [0, 0.05) is 6.54 Å². The molecule has 0 aromatic heterocycles. The van der Waals surface area contributed by atoms with Gasteiger partial charge >= 0.3 is 12.3 Å². The Bertz CT molecular complexity index is 493. The molecule has 2 rings (SSSR count). The van der Waals surface area contributed by atoms with Gasteiger partial charge < -0.3 is 14.7 Å². The molecule has 0 radical (unpaired) electrons. The van der Waals surface area contributed by atoms with Crippen LogP contribution >= 0.6 is 0 Å². The molecule has 0 unspecified atom stereocenters. The van der Waals surface area contributed by atoms with Gasteiger partial charge in [-0.25, -0.2) is 4.79 Å². The van der Waals surface area contributed by atoms with Crippen molar-refractivity contribution in [2.75, 3.05) is 13.2 Å². The number of alkyl halides is 3. The van der Waals surface area contributed by atoms with Crippen molar-refractivity contribution >= 4 is 6.09 Å². The Kier molecular flexibility index (Phi) is 5.28. The maximum absolute atomic E-state index is 13.0. The molecule has 7 heteroatoms. The summed E-state index contributed by atoms with van der Waals surface area (Å²) >= 11 is 0. The van der Waals surface area contributed by atoms with Crippen molar-refractivity contribution in [3.8, 4) is 0 Å². The van der Waals surface area contributed by atoms with E-state index in [1.807, 2.05) is 6.07 Å². The van der Waals surface area contributed by atoms with Crippen LogP contribution in [-0.4, -0.2) is 41.5 Å². The highest BCUT2D eigenvalue weighted by molar-refractivity contribution is 5.68. The first-order chi connectivity index (χ1) is 10.4. The number of aliphatic hydroxyl groups excluding tert-OH is 1. The first-order valence-electron chi connectivity index (χ1n) is 7.08. The van der Waals surface area contributed by atoms with E-state index in [1.165, 1.54) is 0 Å². The van der Waals surface area contributed by atoms with E-state index in [2.05, 4.69) is 0 Å². The van der Waals surface area contributed by atoms with Gasteiger partial charge in [-0.1, -0.05) is 30.3 Å². The fraction of sp³-hybridized carbons (Fsp3) is 0.533. The molecule has 2 atom stereocenters. The number of carbonyl (C=O) groups is 1. The van der Waals surface area contributed by atoms with E-state index >= 15 is 0 Å². The average Bonchev–Trinajstić information content (AvgIpc) is 2.52. The monoisotopic (exact) mass is 317 g/mol. The number of likely N-dealkylation sites (tertiary alicyclic amines) is 1. The molecule has 0 spiro atoms. The van der Waals surface area contributed by atoms with E-state index in [4.69, 9.17) is 4.74 Å². The van der Waals surface area contributed by atoms with E-state index in [0.717, 1.165) is 10.5 Å². The molecule has 1 amide bonds. The highest BCUT2D eigenvalue weighted by Gasteiger charge is 2.49. The predicted octanol–water partition coefficient (Wildman–Crippen LogP) is 2.96. The van der Waals surface area contributed by atoms with Gasteiger partial charge in [0.15, 0.2) is 0 Å². The van der Waals surface area contributed by atoms with Crippen LogP contribution in [0.3, 0.4) is 0 Å². The summed E-state index contributed by atoms with van der Waals surface area (Å²) in [5, 5.41) is 9.28. The van der Waals surface area contributed by atoms with Crippen molar-refractivity contribution in [2.24, 2.45) is 5.92 Å². The zero-order valence-corrected chi connectivity index (χ0v) is 11.9. The minimum absolute atomic E-state index is 0.00892. The second-order valence-corrected chi connectivity index (χ2v) is 5.27. The van der Waals surface area contributed by atoms with Gasteiger partial charge in [0.2, 0.25) is 0 Å². The lowest BCUT2D eigenvalue weighted by Crippen LogP contribution is -2.54. The highest BCUT2D eigenvalue weighted by atomic mass is 19.4. The fourth-order valence-electron chi connectivity index (χ4n) is 2.69. The maximum atomic E-state index is 13.0. The van der Waals surface area contributed by atoms with Crippen molar-refractivity contribution < 1.29 is 27.8 Å². The third-order valence-corrected chi connectivity index (χ3v) is 3.83. The minimum Gasteiger partial charge on any atom is -0.445 e. The molecule has 1 heterocycles. The molecule has 0 bridgehead atoms. The number of halogens is 3. The normalized spacial score (nSPS) is 22.5. The number of hydrogen-bond donors (Lipinski definition) is 1. The molecule has 122 valence electrons. The Labute approximate surface area is 126 Å². The van der Waals surface area contributed by atoms with Crippen LogP contribution in [-0.2, 0) is 11.3 Å². The van der Waals surface area contributed by atoms with Crippen molar-refractivity contribution in [1.29, 1.82) is 0 Å². The van der Waals surface area contributed by atoms with E-state index in [1.54, 1.807) is 24.3 Å². The first kappa shape index (κ1) is 16.6. The topological polar surface area (TPSA) is 49.8 Å². The van der Waals surface area contributed by atoms with Crippen LogP contribution < -0.4 is 0 Å².